The van der Waals surface area contributed by atoms with Crippen molar-refractivity contribution in [3.8, 4) is 0 Å². The number of carbonyl (C=O) groups is 2. The van der Waals surface area contributed by atoms with Gasteiger partial charge in [-0.2, -0.15) is 0 Å². The molecule has 0 spiro atoms. The predicted molar refractivity (Wildman–Crippen MR) is 81.2 cm³/mol. The molecule has 1 atom stereocenters. The first-order valence-corrected chi connectivity index (χ1v) is 7.66. The van der Waals surface area contributed by atoms with Crippen LogP contribution in [-0.2, 0) is 9.59 Å². The fraction of sp³-hybridized carbons (Fsp3) is 0.385. The van der Waals surface area contributed by atoms with E-state index in [0.29, 0.717) is 6.54 Å². The van der Waals surface area contributed by atoms with Crippen LogP contribution in [0.2, 0.25) is 0 Å². The second kappa shape index (κ2) is 8.22. The van der Waals surface area contributed by atoms with Crippen LogP contribution in [0, 0.1) is 0 Å². The predicted octanol–water partition coefficient (Wildman–Crippen LogP) is 2.18. The lowest BCUT2D eigenvalue weighted by molar-refractivity contribution is -0.125. The van der Waals surface area contributed by atoms with Gasteiger partial charge in [0.05, 0.1) is 11.8 Å². The van der Waals surface area contributed by atoms with E-state index >= 15 is 0 Å². The monoisotopic (exact) mass is 344 g/mol. The van der Waals surface area contributed by atoms with Gasteiger partial charge in [-0.3, -0.25) is 9.59 Å². The molecule has 1 aromatic carbocycles. The van der Waals surface area contributed by atoms with E-state index in [1.807, 2.05) is 38.1 Å². The minimum Gasteiger partial charge on any atom is -0.355 e. The summed E-state index contributed by atoms with van der Waals surface area (Å²) in [5, 5.41) is 5.01. The van der Waals surface area contributed by atoms with E-state index in [1.54, 1.807) is 0 Å². The molecule has 2 N–H and O–H groups in total. The Morgan fingerprint density at radius 3 is 2.47 bits per heavy atom. The Hall–Kier alpha value is -1.01. The van der Waals surface area contributed by atoms with Gasteiger partial charge in [-0.1, -0.05) is 15.9 Å². The van der Waals surface area contributed by atoms with Crippen LogP contribution in [0.5, 0.6) is 0 Å². The summed E-state index contributed by atoms with van der Waals surface area (Å²) < 4.78 is 1.00. The smallest absolute Gasteiger partial charge is 0.239 e. The SMILES string of the molecule is CCNC(=O)CNC(=O)C(C)Sc1ccc(Br)cc1. The summed E-state index contributed by atoms with van der Waals surface area (Å²) in [6.45, 7) is 4.25. The van der Waals surface area contributed by atoms with Crippen molar-refractivity contribution >= 4 is 39.5 Å². The molecule has 0 aliphatic rings. The van der Waals surface area contributed by atoms with Crippen LogP contribution in [0.3, 0.4) is 0 Å². The fourth-order valence-corrected chi connectivity index (χ4v) is 2.50. The summed E-state index contributed by atoms with van der Waals surface area (Å²) in [6, 6.07) is 7.76. The molecule has 1 unspecified atom stereocenters. The van der Waals surface area contributed by atoms with Crippen molar-refractivity contribution in [2.45, 2.75) is 24.0 Å². The summed E-state index contributed by atoms with van der Waals surface area (Å²) >= 11 is 4.82. The number of nitrogens with one attached hydrogen (secondary N) is 2. The van der Waals surface area contributed by atoms with Crippen molar-refractivity contribution in [2.24, 2.45) is 0 Å². The second-order valence-corrected chi connectivity index (χ2v) is 6.22. The molecule has 6 heteroatoms. The lowest BCUT2D eigenvalue weighted by Gasteiger charge is -2.11. The zero-order valence-electron chi connectivity index (χ0n) is 10.9. The Morgan fingerprint density at radius 1 is 1.26 bits per heavy atom. The third-order valence-electron chi connectivity index (χ3n) is 2.29. The van der Waals surface area contributed by atoms with Gasteiger partial charge in [0.15, 0.2) is 0 Å². The molecule has 0 radical (unpaired) electrons. The van der Waals surface area contributed by atoms with Gasteiger partial charge in [0.1, 0.15) is 0 Å². The van der Waals surface area contributed by atoms with E-state index in [4.69, 9.17) is 0 Å². The first-order chi connectivity index (χ1) is 9.02. The van der Waals surface area contributed by atoms with Gasteiger partial charge >= 0.3 is 0 Å². The minimum absolute atomic E-state index is 0.0257. The Bertz CT molecular complexity index is 437. The maximum atomic E-state index is 11.8. The normalized spacial score (nSPS) is 11.7. The highest BCUT2D eigenvalue weighted by molar-refractivity contribution is 9.10. The maximum Gasteiger partial charge on any atom is 0.239 e. The first kappa shape index (κ1) is 16.0. The van der Waals surface area contributed by atoms with Gasteiger partial charge in [-0.05, 0) is 38.1 Å². The van der Waals surface area contributed by atoms with Gasteiger partial charge in [0, 0.05) is 15.9 Å². The molecule has 2 amide bonds. The molecule has 0 aliphatic heterocycles. The van der Waals surface area contributed by atoms with E-state index in [-0.39, 0.29) is 23.6 Å². The third kappa shape index (κ3) is 6.11. The first-order valence-electron chi connectivity index (χ1n) is 5.99. The van der Waals surface area contributed by atoms with Crippen molar-refractivity contribution < 1.29 is 9.59 Å². The Labute approximate surface area is 125 Å². The molecule has 0 aromatic heterocycles. The highest BCUT2D eigenvalue weighted by Gasteiger charge is 2.14. The quantitative estimate of drug-likeness (QED) is 0.777. The molecule has 1 rings (SSSR count). The molecule has 0 saturated carbocycles. The van der Waals surface area contributed by atoms with Crippen molar-refractivity contribution in [2.75, 3.05) is 13.1 Å². The summed E-state index contributed by atoms with van der Waals surface area (Å²) in [6.07, 6.45) is 0. The van der Waals surface area contributed by atoms with E-state index < -0.39 is 0 Å². The van der Waals surface area contributed by atoms with Crippen molar-refractivity contribution in [1.29, 1.82) is 0 Å². The molecule has 0 saturated heterocycles. The number of carbonyl (C=O) groups excluding carboxylic acids is 2. The van der Waals surface area contributed by atoms with Crippen LogP contribution in [0.1, 0.15) is 13.8 Å². The standard InChI is InChI=1S/C13H17BrN2O2S/c1-3-15-12(17)8-16-13(18)9(2)19-11-6-4-10(14)5-7-11/h4-7,9H,3,8H2,1-2H3,(H,15,17)(H,16,18). The van der Waals surface area contributed by atoms with Crippen LogP contribution < -0.4 is 10.6 Å². The molecule has 19 heavy (non-hydrogen) atoms. The number of benzene rings is 1. The molecule has 1 aromatic rings. The lowest BCUT2D eigenvalue weighted by atomic mass is 10.4. The van der Waals surface area contributed by atoms with E-state index in [2.05, 4.69) is 26.6 Å². The molecular formula is C13H17BrN2O2S. The number of hydrogen-bond donors (Lipinski definition) is 2. The van der Waals surface area contributed by atoms with Crippen molar-refractivity contribution in [1.82, 2.24) is 10.6 Å². The van der Waals surface area contributed by atoms with E-state index in [1.165, 1.54) is 11.8 Å². The van der Waals surface area contributed by atoms with Gasteiger partial charge in [0.2, 0.25) is 11.8 Å². The topological polar surface area (TPSA) is 58.2 Å². The number of thioether (sulfide) groups is 1. The van der Waals surface area contributed by atoms with Crippen LogP contribution in [0.25, 0.3) is 0 Å². The molecule has 0 bridgehead atoms. The molecule has 0 heterocycles. The highest BCUT2D eigenvalue weighted by Crippen LogP contribution is 2.24. The molecule has 0 aliphatic carbocycles. The summed E-state index contributed by atoms with van der Waals surface area (Å²) in [5.74, 6) is -0.309. The summed E-state index contributed by atoms with van der Waals surface area (Å²) in [7, 11) is 0. The van der Waals surface area contributed by atoms with Crippen molar-refractivity contribution in [3.05, 3.63) is 28.7 Å². The van der Waals surface area contributed by atoms with Gasteiger partial charge in [-0.25, -0.2) is 0 Å². The van der Waals surface area contributed by atoms with Crippen LogP contribution >= 0.6 is 27.7 Å². The number of hydrogen-bond acceptors (Lipinski definition) is 3. The third-order valence-corrected chi connectivity index (χ3v) is 3.93. The van der Waals surface area contributed by atoms with Gasteiger partial charge in [0.25, 0.3) is 0 Å². The summed E-state index contributed by atoms with van der Waals surface area (Å²) in [5.41, 5.74) is 0. The lowest BCUT2D eigenvalue weighted by Crippen LogP contribution is -2.39. The number of amides is 2. The summed E-state index contributed by atoms with van der Waals surface area (Å²) in [4.78, 5) is 24.0. The number of rotatable bonds is 6. The van der Waals surface area contributed by atoms with Gasteiger partial charge < -0.3 is 10.6 Å². The highest BCUT2D eigenvalue weighted by atomic mass is 79.9. The zero-order chi connectivity index (χ0) is 14.3. The Kier molecular flexibility index (Phi) is 6.94. The van der Waals surface area contributed by atoms with E-state index in [9.17, 15) is 9.59 Å². The van der Waals surface area contributed by atoms with E-state index in [0.717, 1.165) is 9.37 Å². The molecule has 4 nitrogen and oxygen atoms in total. The molecule has 0 fully saturated rings. The zero-order valence-corrected chi connectivity index (χ0v) is 13.3. The van der Waals surface area contributed by atoms with Crippen LogP contribution in [0.15, 0.2) is 33.6 Å². The van der Waals surface area contributed by atoms with Crippen LogP contribution in [-0.4, -0.2) is 30.2 Å². The molecule has 104 valence electrons. The Balaban J connectivity index is 2.40. The molecular weight excluding hydrogens is 328 g/mol. The second-order valence-electron chi connectivity index (χ2n) is 3.89. The number of halogens is 1. The fourth-order valence-electron chi connectivity index (χ4n) is 1.34. The maximum absolute atomic E-state index is 11.8. The van der Waals surface area contributed by atoms with Crippen LogP contribution in [0.4, 0.5) is 0 Å². The largest absolute Gasteiger partial charge is 0.355 e. The van der Waals surface area contributed by atoms with Gasteiger partial charge in [-0.15, -0.1) is 11.8 Å². The average Bonchev–Trinajstić information content (AvgIpc) is 2.39. The number of likely N-dealkylation sites (N-methyl/N-ethyl adjacent to an activating group) is 1. The Morgan fingerprint density at radius 2 is 1.89 bits per heavy atom. The van der Waals surface area contributed by atoms with Crippen molar-refractivity contribution in [3.63, 3.8) is 0 Å². The minimum atomic E-state index is -0.240. The average molecular weight is 345 g/mol.